The van der Waals surface area contributed by atoms with Gasteiger partial charge in [-0.2, -0.15) is 13.2 Å². The summed E-state index contributed by atoms with van der Waals surface area (Å²) in [5, 5.41) is 6.13. The molecule has 0 unspecified atom stereocenters. The molecule has 0 radical (unpaired) electrons. The summed E-state index contributed by atoms with van der Waals surface area (Å²) in [4.78, 5) is 6.03. The zero-order valence-electron chi connectivity index (χ0n) is 17.2. The molecule has 2 aromatic carbocycles. The number of hydrogen-bond acceptors (Lipinski definition) is 3. The SMILES string of the molecule is CN=C(NCc1cccc(C)c1)NCc1ccc(N2CCOCC2)cc1C(F)(F)F. The first-order valence-corrected chi connectivity index (χ1v) is 9.89. The molecule has 3 rings (SSSR count). The maximum atomic E-state index is 13.7. The van der Waals surface area contributed by atoms with E-state index in [9.17, 15) is 13.2 Å². The average molecular weight is 420 g/mol. The Balaban J connectivity index is 1.68. The normalized spacial score (nSPS) is 15.2. The van der Waals surface area contributed by atoms with Crippen molar-refractivity contribution in [3.8, 4) is 0 Å². The summed E-state index contributed by atoms with van der Waals surface area (Å²) in [6, 6.07) is 12.5. The van der Waals surface area contributed by atoms with E-state index in [1.807, 2.05) is 36.1 Å². The Morgan fingerprint density at radius 2 is 1.80 bits per heavy atom. The smallest absolute Gasteiger partial charge is 0.378 e. The van der Waals surface area contributed by atoms with Gasteiger partial charge in [0.25, 0.3) is 0 Å². The lowest BCUT2D eigenvalue weighted by Crippen LogP contribution is -2.37. The maximum Gasteiger partial charge on any atom is 0.416 e. The third-order valence-electron chi connectivity index (χ3n) is 4.99. The van der Waals surface area contributed by atoms with Gasteiger partial charge in [-0.25, -0.2) is 0 Å². The van der Waals surface area contributed by atoms with Gasteiger partial charge in [-0.05, 0) is 30.2 Å². The number of benzene rings is 2. The largest absolute Gasteiger partial charge is 0.416 e. The lowest BCUT2D eigenvalue weighted by molar-refractivity contribution is -0.138. The van der Waals surface area contributed by atoms with Crippen molar-refractivity contribution in [1.82, 2.24) is 10.6 Å². The molecule has 1 aliphatic heterocycles. The third kappa shape index (κ3) is 5.89. The minimum absolute atomic E-state index is 0.0196. The van der Waals surface area contributed by atoms with Crippen molar-refractivity contribution < 1.29 is 17.9 Å². The maximum absolute atomic E-state index is 13.7. The van der Waals surface area contributed by atoms with E-state index in [1.54, 1.807) is 13.1 Å². The summed E-state index contributed by atoms with van der Waals surface area (Å²) >= 11 is 0. The molecule has 5 nitrogen and oxygen atoms in total. The fourth-order valence-corrected chi connectivity index (χ4v) is 3.41. The molecule has 162 valence electrons. The molecule has 2 aromatic rings. The second-order valence-corrected chi connectivity index (χ2v) is 7.21. The Morgan fingerprint density at radius 1 is 1.07 bits per heavy atom. The predicted octanol–water partition coefficient (Wildman–Crippen LogP) is 3.72. The van der Waals surface area contributed by atoms with Crippen molar-refractivity contribution in [2.24, 2.45) is 4.99 Å². The van der Waals surface area contributed by atoms with E-state index in [0.717, 1.165) is 11.1 Å². The number of anilines is 1. The van der Waals surface area contributed by atoms with Crippen molar-refractivity contribution in [3.05, 3.63) is 64.7 Å². The highest BCUT2D eigenvalue weighted by Gasteiger charge is 2.34. The van der Waals surface area contributed by atoms with Gasteiger partial charge in [-0.15, -0.1) is 0 Å². The lowest BCUT2D eigenvalue weighted by atomic mass is 10.0. The number of nitrogens with zero attached hydrogens (tertiary/aromatic N) is 2. The Kier molecular flexibility index (Phi) is 7.20. The van der Waals surface area contributed by atoms with Crippen LogP contribution >= 0.6 is 0 Å². The van der Waals surface area contributed by atoms with E-state index in [2.05, 4.69) is 15.6 Å². The minimum Gasteiger partial charge on any atom is -0.378 e. The Bertz CT molecular complexity index is 877. The van der Waals surface area contributed by atoms with Gasteiger partial charge < -0.3 is 20.3 Å². The fraction of sp³-hybridized carbons (Fsp3) is 0.409. The van der Waals surface area contributed by atoms with Crippen LogP contribution in [0.5, 0.6) is 0 Å². The summed E-state index contributed by atoms with van der Waals surface area (Å²) in [6.45, 7) is 4.78. The number of hydrogen-bond donors (Lipinski definition) is 2. The summed E-state index contributed by atoms with van der Waals surface area (Å²) in [5.41, 5.74) is 2.33. The molecular weight excluding hydrogens is 393 g/mol. The molecule has 2 N–H and O–H groups in total. The summed E-state index contributed by atoms with van der Waals surface area (Å²) < 4.78 is 46.4. The Hall–Kier alpha value is -2.74. The molecule has 0 amide bonds. The molecule has 0 aromatic heterocycles. The molecule has 30 heavy (non-hydrogen) atoms. The van der Waals surface area contributed by atoms with Crippen LogP contribution in [0.4, 0.5) is 18.9 Å². The first-order chi connectivity index (χ1) is 14.4. The molecule has 0 bridgehead atoms. The number of halogens is 3. The van der Waals surface area contributed by atoms with Crippen molar-refractivity contribution >= 4 is 11.6 Å². The lowest BCUT2D eigenvalue weighted by Gasteiger charge is -2.29. The highest BCUT2D eigenvalue weighted by molar-refractivity contribution is 5.79. The standard InChI is InChI=1S/C22H27F3N4O/c1-16-4-3-5-17(12-16)14-27-21(26-2)28-15-18-6-7-19(13-20(18)22(23,24)25)29-8-10-30-11-9-29/h3-7,12-13H,8-11,14-15H2,1-2H3,(H2,26,27,28). The van der Waals surface area contributed by atoms with Gasteiger partial charge in [0, 0.05) is 38.9 Å². The van der Waals surface area contributed by atoms with Crippen LogP contribution in [0.25, 0.3) is 0 Å². The molecular formula is C22H27F3N4O. The van der Waals surface area contributed by atoms with Gasteiger partial charge >= 0.3 is 6.18 Å². The van der Waals surface area contributed by atoms with Gasteiger partial charge in [0.1, 0.15) is 0 Å². The summed E-state index contributed by atoms with van der Waals surface area (Å²) in [7, 11) is 1.60. The molecule has 0 spiro atoms. The van der Waals surface area contributed by atoms with Gasteiger partial charge in [0.15, 0.2) is 5.96 Å². The zero-order valence-corrected chi connectivity index (χ0v) is 17.2. The molecule has 1 fully saturated rings. The quantitative estimate of drug-likeness (QED) is 0.572. The van der Waals surface area contributed by atoms with Crippen LogP contribution in [0, 0.1) is 6.92 Å². The van der Waals surface area contributed by atoms with Crippen molar-refractivity contribution in [3.63, 3.8) is 0 Å². The minimum atomic E-state index is -4.43. The van der Waals surface area contributed by atoms with E-state index >= 15 is 0 Å². The zero-order chi connectivity index (χ0) is 21.6. The summed E-state index contributed by atoms with van der Waals surface area (Å²) in [6.07, 6.45) is -4.43. The first-order valence-electron chi connectivity index (χ1n) is 9.89. The topological polar surface area (TPSA) is 48.9 Å². The number of aryl methyl sites for hydroxylation is 1. The number of alkyl halides is 3. The van der Waals surface area contributed by atoms with Crippen molar-refractivity contribution in [1.29, 1.82) is 0 Å². The molecule has 8 heteroatoms. The second-order valence-electron chi connectivity index (χ2n) is 7.21. The number of aliphatic imine (C=N–C) groups is 1. The molecule has 0 atom stereocenters. The van der Waals surface area contributed by atoms with Crippen LogP contribution in [0.2, 0.25) is 0 Å². The monoisotopic (exact) mass is 420 g/mol. The number of guanidine groups is 1. The first kappa shape index (κ1) is 22.0. The number of ether oxygens (including phenoxy) is 1. The van der Waals surface area contributed by atoms with Crippen LogP contribution in [0.3, 0.4) is 0 Å². The fourth-order valence-electron chi connectivity index (χ4n) is 3.41. The van der Waals surface area contributed by atoms with Crippen molar-refractivity contribution in [2.75, 3.05) is 38.3 Å². The molecule has 0 aliphatic carbocycles. The van der Waals surface area contributed by atoms with Gasteiger partial charge in [-0.3, -0.25) is 4.99 Å². The van der Waals surface area contributed by atoms with Gasteiger partial charge in [0.05, 0.1) is 18.8 Å². The molecule has 1 aliphatic rings. The predicted molar refractivity (Wildman–Crippen MR) is 113 cm³/mol. The van der Waals surface area contributed by atoms with E-state index in [-0.39, 0.29) is 12.1 Å². The van der Waals surface area contributed by atoms with Crippen LogP contribution < -0.4 is 15.5 Å². The van der Waals surface area contributed by atoms with Crippen LogP contribution in [0.15, 0.2) is 47.5 Å². The number of rotatable bonds is 5. The van der Waals surface area contributed by atoms with Crippen LogP contribution in [-0.4, -0.2) is 39.3 Å². The van der Waals surface area contributed by atoms with E-state index in [1.165, 1.54) is 12.1 Å². The summed E-state index contributed by atoms with van der Waals surface area (Å²) in [5.74, 6) is 0.446. The molecule has 1 saturated heterocycles. The Labute approximate surface area is 174 Å². The van der Waals surface area contributed by atoms with Crippen molar-refractivity contribution in [2.45, 2.75) is 26.2 Å². The Morgan fingerprint density at radius 3 is 2.47 bits per heavy atom. The highest BCUT2D eigenvalue weighted by atomic mass is 19.4. The van der Waals surface area contributed by atoms with E-state index in [4.69, 9.17) is 4.74 Å². The van der Waals surface area contributed by atoms with Gasteiger partial charge in [0.2, 0.25) is 0 Å². The third-order valence-corrected chi connectivity index (χ3v) is 4.99. The highest BCUT2D eigenvalue weighted by Crippen LogP contribution is 2.35. The average Bonchev–Trinajstić information content (AvgIpc) is 2.74. The van der Waals surface area contributed by atoms with Gasteiger partial charge in [-0.1, -0.05) is 35.9 Å². The van der Waals surface area contributed by atoms with Crippen LogP contribution in [0.1, 0.15) is 22.3 Å². The number of nitrogens with one attached hydrogen (secondary N) is 2. The number of morpholine rings is 1. The van der Waals surface area contributed by atoms with E-state index < -0.39 is 11.7 Å². The van der Waals surface area contributed by atoms with Crippen LogP contribution in [-0.2, 0) is 24.0 Å². The second kappa shape index (κ2) is 9.84. The molecule has 1 heterocycles. The van der Waals surface area contributed by atoms with E-state index in [0.29, 0.717) is 44.5 Å². The molecule has 0 saturated carbocycles.